The molecule has 0 spiro atoms. The van der Waals surface area contributed by atoms with Crippen molar-refractivity contribution in [1.82, 2.24) is 25.3 Å². The monoisotopic (exact) mass is 290 g/mol. The van der Waals surface area contributed by atoms with Gasteiger partial charge < -0.3 is 9.73 Å². The third-order valence-corrected chi connectivity index (χ3v) is 3.44. The Balaban J connectivity index is 1.61. The normalized spacial score (nSPS) is 18.1. The number of aromatic nitrogens is 4. The first kappa shape index (κ1) is 13.7. The molecule has 2 aromatic rings. The molecule has 8 nitrogen and oxygen atoms in total. The van der Waals surface area contributed by atoms with Crippen molar-refractivity contribution in [3.8, 4) is 0 Å². The SMILES string of the molecule is Cc1cc(C)n(CC(=O)Nc2nnc(C3CCCN3)o2)n1. The van der Waals surface area contributed by atoms with Gasteiger partial charge in [0.15, 0.2) is 0 Å². The van der Waals surface area contributed by atoms with Crippen molar-refractivity contribution in [3.63, 3.8) is 0 Å². The lowest BCUT2D eigenvalue weighted by Gasteiger charge is -2.04. The van der Waals surface area contributed by atoms with E-state index in [1.807, 2.05) is 19.9 Å². The van der Waals surface area contributed by atoms with E-state index in [-0.39, 0.29) is 24.5 Å². The summed E-state index contributed by atoms with van der Waals surface area (Å²) in [6.07, 6.45) is 2.06. The van der Waals surface area contributed by atoms with E-state index < -0.39 is 0 Å². The van der Waals surface area contributed by atoms with E-state index >= 15 is 0 Å². The van der Waals surface area contributed by atoms with Crippen LogP contribution in [-0.4, -0.2) is 32.4 Å². The van der Waals surface area contributed by atoms with Crippen LogP contribution in [0.1, 0.15) is 36.2 Å². The maximum Gasteiger partial charge on any atom is 0.322 e. The number of nitrogens with one attached hydrogen (secondary N) is 2. The Morgan fingerprint density at radius 3 is 3.05 bits per heavy atom. The van der Waals surface area contributed by atoms with Gasteiger partial charge in [0.05, 0.1) is 11.7 Å². The predicted molar refractivity (Wildman–Crippen MR) is 74.6 cm³/mol. The van der Waals surface area contributed by atoms with Gasteiger partial charge in [0.2, 0.25) is 11.8 Å². The maximum absolute atomic E-state index is 12.0. The Bertz CT molecular complexity index is 641. The molecule has 0 aliphatic carbocycles. The van der Waals surface area contributed by atoms with E-state index in [4.69, 9.17) is 4.42 Å². The summed E-state index contributed by atoms with van der Waals surface area (Å²) in [6.45, 7) is 4.87. The number of amides is 1. The summed E-state index contributed by atoms with van der Waals surface area (Å²) in [5, 5.41) is 17.9. The molecule has 1 unspecified atom stereocenters. The third-order valence-electron chi connectivity index (χ3n) is 3.44. The Hall–Kier alpha value is -2.22. The number of aryl methyl sites for hydroxylation is 2. The fourth-order valence-electron chi connectivity index (χ4n) is 2.45. The van der Waals surface area contributed by atoms with E-state index in [1.165, 1.54) is 0 Å². The fourth-order valence-corrected chi connectivity index (χ4v) is 2.45. The highest BCUT2D eigenvalue weighted by molar-refractivity contribution is 5.88. The first-order valence-electron chi connectivity index (χ1n) is 6.99. The van der Waals surface area contributed by atoms with Crippen LogP contribution in [0, 0.1) is 13.8 Å². The highest BCUT2D eigenvalue weighted by atomic mass is 16.4. The van der Waals surface area contributed by atoms with Gasteiger partial charge in [-0.1, -0.05) is 5.10 Å². The molecule has 3 heterocycles. The summed E-state index contributed by atoms with van der Waals surface area (Å²) in [6, 6.07) is 2.15. The molecule has 1 amide bonds. The number of hydrogen-bond donors (Lipinski definition) is 2. The van der Waals surface area contributed by atoms with E-state index in [1.54, 1.807) is 4.68 Å². The van der Waals surface area contributed by atoms with Gasteiger partial charge >= 0.3 is 6.01 Å². The average molecular weight is 290 g/mol. The minimum absolute atomic E-state index is 0.0964. The van der Waals surface area contributed by atoms with Gasteiger partial charge in [-0.3, -0.25) is 14.8 Å². The molecule has 1 atom stereocenters. The molecule has 0 bridgehead atoms. The van der Waals surface area contributed by atoms with Crippen LogP contribution in [0.4, 0.5) is 6.01 Å². The standard InChI is InChI=1S/C13H18N6O2/c1-8-6-9(2)19(18-8)7-11(20)15-13-17-16-12(21-13)10-4-3-5-14-10/h6,10,14H,3-5,7H2,1-2H3,(H,15,17,20). The maximum atomic E-state index is 12.0. The van der Waals surface area contributed by atoms with Crippen LogP contribution in [0.2, 0.25) is 0 Å². The van der Waals surface area contributed by atoms with Gasteiger partial charge in [-0.15, -0.1) is 5.10 Å². The number of carbonyl (C=O) groups excluding carboxylic acids is 1. The number of rotatable bonds is 4. The lowest BCUT2D eigenvalue weighted by Crippen LogP contribution is -2.20. The minimum Gasteiger partial charge on any atom is -0.406 e. The molecule has 0 aromatic carbocycles. The minimum atomic E-state index is -0.240. The van der Waals surface area contributed by atoms with E-state index in [2.05, 4.69) is 25.9 Å². The van der Waals surface area contributed by atoms with Gasteiger partial charge in [-0.05, 0) is 39.3 Å². The number of nitrogens with zero attached hydrogens (tertiary/aromatic N) is 4. The zero-order valence-corrected chi connectivity index (χ0v) is 12.1. The quantitative estimate of drug-likeness (QED) is 0.870. The summed E-state index contributed by atoms with van der Waals surface area (Å²) in [4.78, 5) is 12.0. The van der Waals surface area contributed by atoms with Crippen molar-refractivity contribution >= 4 is 11.9 Å². The van der Waals surface area contributed by atoms with Crippen molar-refractivity contribution in [3.05, 3.63) is 23.3 Å². The van der Waals surface area contributed by atoms with Gasteiger partial charge in [0, 0.05) is 5.69 Å². The first-order valence-corrected chi connectivity index (χ1v) is 6.99. The number of hydrogen-bond acceptors (Lipinski definition) is 6. The Labute approximate surface area is 121 Å². The number of carbonyl (C=O) groups is 1. The third kappa shape index (κ3) is 3.10. The molecular weight excluding hydrogens is 272 g/mol. The zero-order chi connectivity index (χ0) is 14.8. The van der Waals surface area contributed by atoms with Crippen LogP contribution >= 0.6 is 0 Å². The molecule has 21 heavy (non-hydrogen) atoms. The van der Waals surface area contributed by atoms with E-state index in [0.717, 1.165) is 30.8 Å². The molecule has 1 saturated heterocycles. The molecular formula is C13H18N6O2. The molecule has 1 aliphatic heterocycles. The molecule has 0 radical (unpaired) electrons. The molecule has 112 valence electrons. The van der Waals surface area contributed by atoms with Crippen LogP contribution in [0.15, 0.2) is 10.5 Å². The van der Waals surface area contributed by atoms with Crippen molar-refractivity contribution in [2.45, 2.75) is 39.3 Å². The van der Waals surface area contributed by atoms with Crippen molar-refractivity contribution in [2.75, 3.05) is 11.9 Å². The van der Waals surface area contributed by atoms with Crippen LogP contribution in [0.5, 0.6) is 0 Å². The first-order chi connectivity index (χ1) is 10.1. The van der Waals surface area contributed by atoms with Crippen LogP contribution in [0.3, 0.4) is 0 Å². The second-order valence-corrected chi connectivity index (χ2v) is 5.23. The summed E-state index contributed by atoms with van der Waals surface area (Å²) in [5.41, 5.74) is 1.82. The van der Waals surface area contributed by atoms with Crippen LogP contribution in [-0.2, 0) is 11.3 Å². The molecule has 8 heteroatoms. The molecule has 2 N–H and O–H groups in total. The molecule has 2 aromatic heterocycles. The largest absolute Gasteiger partial charge is 0.406 e. The topological polar surface area (TPSA) is 97.9 Å². The van der Waals surface area contributed by atoms with E-state index in [9.17, 15) is 4.79 Å². The summed E-state index contributed by atoms with van der Waals surface area (Å²) in [5.74, 6) is 0.282. The van der Waals surface area contributed by atoms with Crippen molar-refractivity contribution in [1.29, 1.82) is 0 Å². The van der Waals surface area contributed by atoms with Gasteiger partial charge in [-0.2, -0.15) is 5.10 Å². The molecule has 1 aliphatic rings. The van der Waals surface area contributed by atoms with Gasteiger partial charge in [-0.25, -0.2) is 0 Å². The Kier molecular flexibility index (Phi) is 3.70. The molecule has 3 rings (SSSR count). The van der Waals surface area contributed by atoms with Crippen LogP contribution < -0.4 is 10.6 Å². The Morgan fingerprint density at radius 2 is 2.38 bits per heavy atom. The van der Waals surface area contributed by atoms with E-state index in [0.29, 0.717) is 5.89 Å². The van der Waals surface area contributed by atoms with Gasteiger partial charge in [0.25, 0.3) is 0 Å². The summed E-state index contributed by atoms with van der Waals surface area (Å²) < 4.78 is 7.10. The summed E-state index contributed by atoms with van der Waals surface area (Å²) in [7, 11) is 0. The fraction of sp³-hybridized carbons (Fsp3) is 0.538. The average Bonchev–Trinajstić information content (AvgIpc) is 3.11. The molecule has 0 saturated carbocycles. The zero-order valence-electron chi connectivity index (χ0n) is 12.1. The van der Waals surface area contributed by atoms with Crippen molar-refractivity contribution < 1.29 is 9.21 Å². The Morgan fingerprint density at radius 1 is 1.52 bits per heavy atom. The summed E-state index contributed by atoms with van der Waals surface area (Å²) >= 11 is 0. The van der Waals surface area contributed by atoms with Crippen LogP contribution in [0.25, 0.3) is 0 Å². The second-order valence-electron chi connectivity index (χ2n) is 5.23. The second kappa shape index (κ2) is 5.65. The lowest BCUT2D eigenvalue weighted by molar-refractivity contribution is -0.117. The van der Waals surface area contributed by atoms with Gasteiger partial charge in [0.1, 0.15) is 6.54 Å². The van der Waals surface area contributed by atoms with Crippen molar-refractivity contribution in [2.24, 2.45) is 0 Å². The molecule has 1 fully saturated rings. The highest BCUT2D eigenvalue weighted by Gasteiger charge is 2.22. The smallest absolute Gasteiger partial charge is 0.322 e. The predicted octanol–water partition coefficient (Wildman–Crippen LogP) is 0.946. The number of anilines is 1. The highest BCUT2D eigenvalue weighted by Crippen LogP contribution is 2.22. The lowest BCUT2D eigenvalue weighted by atomic mass is 10.2.